The van der Waals surface area contributed by atoms with E-state index < -0.39 is 0 Å². The summed E-state index contributed by atoms with van der Waals surface area (Å²) >= 11 is 1.66. The van der Waals surface area contributed by atoms with Crippen molar-refractivity contribution in [1.82, 2.24) is 10.3 Å². The monoisotopic (exact) mass is 276 g/mol. The van der Waals surface area contributed by atoms with Crippen molar-refractivity contribution in [1.29, 1.82) is 0 Å². The summed E-state index contributed by atoms with van der Waals surface area (Å²) in [6.45, 7) is 3.56. The molecule has 2 unspecified atom stereocenters. The maximum Gasteiger partial charge on any atom is 0.0794 e. The lowest BCUT2D eigenvalue weighted by Crippen LogP contribution is -2.23. The molecule has 0 aliphatic heterocycles. The van der Waals surface area contributed by atoms with Gasteiger partial charge < -0.3 is 10.4 Å². The van der Waals surface area contributed by atoms with Crippen LogP contribution in [0.4, 0.5) is 0 Å². The summed E-state index contributed by atoms with van der Waals surface area (Å²) in [5.74, 6) is 0.342. The summed E-state index contributed by atoms with van der Waals surface area (Å²) < 4.78 is 0. The average molecular weight is 276 g/mol. The molecular weight excluding hydrogens is 256 g/mol. The normalized spacial score (nSPS) is 14.2. The zero-order chi connectivity index (χ0) is 13.5. The molecule has 0 spiro atoms. The molecule has 4 heteroatoms. The van der Waals surface area contributed by atoms with Gasteiger partial charge in [-0.25, -0.2) is 0 Å². The van der Waals surface area contributed by atoms with E-state index in [9.17, 15) is 5.11 Å². The summed E-state index contributed by atoms with van der Waals surface area (Å²) in [6, 6.07) is 10.4. The highest BCUT2D eigenvalue weighted by Crippen LogP contribution is 2.20. The number of hydrogen-bond donors (Lipinski definition) is 2. The van der Waals surface area contributed by atoms with Crippen molar-refractivity contribution in [3.8, 4) is 0 Å². The number of hydrogen-bond acceptors (Lipinski definition) is 4. The number of aliphatic hydroxyl groups is 1. The van der Waals surface area contributed by atoms with Gasteiger partial charge >= 0.3 is 0 Å². The van der Waals surface area contributed by atoms with E-state index in [0.717, 1.165) is 19.5 Å². The fourth-order valence-electron chi connectivity index (χ4n) is 2.17. The van der Waals surface area contributed by atoms with Gasteiger partial charge in [0.15, 0.2) is 0 Å². The van der Waals surface area contributed by atoms with E-state index in [4.69, 9.17) is 0 Å². The molecule has 2 aromatic rings. The predicted molar refractivity (Wildman–Crippen MR) is 79.3 cm³/mol. The van der Waals surface area contributed by atoms with E-state index in [0.29, 0.717) is 5.92 Å². The molecule has 0 saturated carbocycles. The summed E-state index contributed by atoms with van der Waals surface area (Å²) in [5, 5.41) is 13.1. The molecule has 0 bridgehead atoms. The second-order valence-electron chi connectivity index (χ2n) is 4.79. The van der Waals surface area contributed by atoms with E-state index in [1.807, 2.05) is 36.8 Å². The van der Waals surface area contributed by atoms with Gasteiger partial charge in [0.05, 0.1) is 11.6 Å². The number of thiazole rings is 1. The molecular formula is C15H20N2OS. The predicted octanol–water partition coefficient (Wildman–Crippen LogP) is 2.79. The molecule has 3 nitrogen and oxygen atoms in total. The Bertz CT molecular complexity index is 456. The second-order valence-corrected chi connectivity index (χ2v) is 5.76. The topological polar surface area (TPSA) is 45.1 Å². The third kappa shape index (κ3) is 4.74. The van der Waals surface area contributed by atoms with Crippen LogP contribution in [0.15, 0.2) is 42.0 Å². The lowest BCUT2D eigenvalue weighted by atomic mass is 9.93. The Hall–Kier alpha value is -1.23. The van der Waals surface area contributed by atoms with Crippen LogP contribution < -0.4 is 5.32 Å². The number of nitrogens with zero attached hydrogens (tertiary/aromatic N) is 1. The lowest BCUT2D eigenvalue weighted by molar-refractivity contribution is 0.173. The Kier molecular flexibility index (Phi) is 5.51. The van der Waals surface area contributed by atoms with Gasteiger partial charge in [-0.15, -0.1) is 11.3 Å². The third-order valence-electron chi connectivity index (χ3n) is 3.07. The Balaban J connectivity index is 1.91. The number of nitrogens with one attached hydrogen (secondary N) is 1. The Morgan fingerprint density at radius 1 is 1.32 bits per heavy atom. The van der Waals surface area contributed by atoms with Gasteiger partial charge in [-0.1, -0.05) is 30.3 Å². The standard InChI is InChI=1S/C15H20N2OS/c1-12(18)7-14(13-5-3-2-4-6-13)8-16-9-15-10-17-11-19-15/h2-6,10-12,14,16,18H,7-9H2,1H3. The molecule has 0 fully saturated rings. The van der Waals surface area contributed by atoms with Crippen molar-refractivity contribution < 1.29 is 5.11 Å². The van der Waals surface area contributed by atoms with Crippen molar-refractivity contribution in [2.24, 2.45) is 0 Å². The number of rotatable bonds is 7. The minimum atomic E-state index is -0.282. The summed E-state index contributed by atoms with van der Waals surface area (Å²) in [4.78, 5) is 5.30. The zero-order valence-corrected chi connectivity index (χ0v) is 11.9. The van der Waals surface area contributed by atoms with Crippen molar-refractivity contribution in [3.63, 3.8) is 0 Å². The van der Waals surface area contributed by atoms with Gasteiger partial charge in [-0.3, -0.25) is 4.98 Å². The quantitative estimate of drug-likeness (QED) is 0.817. The van der Waals surface area contributed by atoms with Crippen molar-refractivity contribution in [2.75, 3.05) is 6.54 Å². The zero-order valence-electron chi connectivity index (χ0n) is 11.1. The van der Waals surface area contributed by atoms with E-state index in [1.54, 1.807) is 11.3 Å². The molecule has 0 radical (unpaired) electrons. The SMILES string of the molecule is CC(O)CC(CNCc1cncs1)c1ccccc1. The van der Waals surface area contributed by atoms with Crippen LogP contribution in [0.3, 0.4) is 0 Å². The first-order valence-electron chi connectivity index (χ1n) is 6.57. The van der Waals surface area contributed by atoms with Crippen LogP contribution >= 0.6 is 11.3 Å². The first-order chi connectivity index (χ1) is 9.25. The van der Waals surface area contributed by atoms with E-state index >= 15 is 0 Å². The molecule has 0 aliphatic carbocycles. The molecule has 1 heterocycles. The van der Waals surface area contributed by atoms with Gasteiger partial charge in [-0.05, 0) is 24.8 Å². The molecule has 0 saturated heterocycles. The maximum absolute atomic E-state index is 9.63. The van der Waals surface area contributed by atoms with E-state index in [1.165, 1.54) is 10.4 Å². The van der Waals surface area contributed by atoms with Crippen molar-refractivity contribution >= 4 is 11.3 Å². The van der Waals surface area contributed by atoms with Crippen LogP contribution in [-0.4, -0.2) is 22.7 Å². The van der Waals surface area contributed by atoms with Crippen LogP contribution in [0.2, 0.25) is 0 Å². The fraction of sp³-hybridized carbons (Fsp3) is 0.400. The average Bonchev–Trinajstić information content (AvgIpc) is 2.91. The number of aromatic nitrogens is 1. The summed E-state index contributed by atoms with van der Waals surface area (Å²) in [6.07, 6.45) is 2.39. The maximum atomic E-state index is 9.63. The van der Waals surface area contributed by atoms with Crippen LogP contribution in [0.25, 0.3) is 0 Å². The van der Waals surface area contributed by atoms with Gasteiger partial charge in [0, 0.05) is 24.2 Å². The van der Waals surface area contributed by atoms with Crippen LogP contribution in [0, 0.1) is 0 Å². The minimum absolute atomic E-state index is 0.282. The van der Waals surface area contributed by atoms with Crippen LogP contribution in [-0.2, 0) is 6.54 Å². The van der Waals surface area contributed by atoms with E-state index in [2.05, 4.69) is 22.4 Å². The number of benzene rings is 1. The molecule has 0 amide bonds. The smallest absolute Gasteiger partial charge is 0.0794 e. The van der Waals surface area contributed by atoms with Gasteiger partial charge in [0.1, 0.15) is 0 Å². The van der Waals surface area contributed by atoms with Gasteiger partial charge in [0.25, 0.3) is 0 Å². The van der Waals surface area contributed by atoms with Crippen LogP contribution in [0.1, 0.15) is 29.7 Å². The molecule has 0 aliphatic rings. The summed E-state index contributed by atoms with van der Waals surface area (Å²) in [7, 11) is 0. The van der Waals surface area contributed by atoms with Gasteiger partial charge in [0.2, 0.25) is 0 Å². The van der Waals surface area contributed by atoms with Crippen LogP contribution in [0.5, 0.6) is 0 Å². The molecule has 102 valence electrons. The Labute approximate surface area is 118 Å². The lowest BCUT2D eigenvalue weighted by Gasteiger charge is -2.19. The minimum Gasteiger partial charge on any atom is -0.393 e. The highest BCUT2D eigenvalue weighted by Gasteiger charge is 2.13. The fourth-order valence-corrected chi connectivity index (χ4v) is 2.74. The molecule has 19 heavy (non-hydrogen) atoms. The first-order valence-corrected chi connectivity index (χ1v) is 7.44. The van der Waals surface area contributed by atoms with E-state index in [-0.39, 0.29) is 6.10 Å². The molecule has 1 aromatic heterocycles. The Morgan fingerprint density at radius 3 is 2.74 bits per heavy atom. The highest BCUT2D eigenvalue weighted by molar-refractivity contribution is 7.09. The van der Waals surface area contributed by atoms with Crippen molar-refractivity contribution in [3.05, 3.63) is 52.5 Å². The Morgan fingerprint density at radius 2 is 2.11 bits per heavy atom. The first kappa shape index (κ1) is 14.2. The second kappa shape index (κ2) is 7.38. The van der Waals surface area contributed by atoms with Gasteiger partial charge in [-0.2, -0.15) is 0 Å². The molecule has 2 N–H and O–H groups in total. The highest BCUT2D eigenvalue weighted by atomic mass is 32.1. The molecule has 2 atom stereocenters. The number of aliphatic hydroxyl groups excluding tert-OH is 1. The third-order valence-corrected chi connectivity index (χ3v) is 3.85. The largest absolute Gasteiger partial charge is 0.393 e. The van der Waals surface area contributed by atoms with Crippen molar-refractivity contribution in [2.45, 2.75) is 31.9 Å². The summed E-state index contributed by atoms with van der Waals surface area (Å²) in [5.41, 5.74) is 3.13. The molecule has 2 rings (SSSR count). The molecule has 1 aromatic carbocycles.